The molecule has 1 saturated heterocycles. The van der Waals surface area contributed by atoms with Gasteiger partial charge in [-0.05, 0) is 24.4 Å². The van der Waals surface area contributed by atoms with Crippen LogP contribution in [0.5, 0.6) is 0 Å². The molecule has 2 aliphatic heterocycles. The first-order valence-corrected chi connectivity index (χ1v) is 10.7. The zero-order chi connectivity index (χ0) is 19.0. The van der Waals surface area contributed by atoms with Crippen LogP contribution in [0.2, 0.25) is 0 Å². The molecule has 2 N–H and O–H groups in total. The summed E-state index contributed by atoms with van der Waals surface area (Å²) >= 11 is 0. The lowest BCUT2D eigenvalue weighted by Gasteiger charge is -2.26. The van der Waals surface area contributed by atoms with Gasteiger partial charge in [0, 0.05) is 5.39 Å². The number of anilines is 1. The van der Waals surface area contributed by atoms with Crippen LogP contribution in [0.25, 0.3) is 10.8 Å². The molecule has 0 bridgehead atoms. The Hall–Kier alpha value is -2.16. The summed E-state index contributed by atoms with van der Waals surface area (Å²) in [5.74, 6) is -0.281. The highest BCUT2D eigenvalue weighted by Gasteiger charge is 2.40. The monoisotopic (exact) mass is 390 g/mol. The van der Waals surface area contributed by atoms with Crippen LogP contribution in [0.15, 0.2) is 41.3 Å². The summed E-state index contributed by atoms with van der Waals surface area (Å²) in [4.78, 5) is 14.3. The van der Waals surface area contributed by atoms with Gasteiger partial charge in [0.15, 0.2) is 0 Å². The lowest BCUT2D eigenvalue weighted by Crippen LogP contribution is -3.14. The maximum Gasteiger partial charge on any atom is 0.265 e. The molecule has 0 aromatic heterocycles. The number of sulfonamides is 1. The van der Waals surface area contributed by atoms with Crippen molar-refractivity contribution >= 4 is 32.4 Å². The van der Waals surface area contributed by atoms with E-state index in [1.54, 1.807) is 25.1 Å². The summed E-state index contributed by atoms with van der Waals surface area (Å²) in [7, 11) is -3.74. The number of carbonyl (C=O) groups is 1. The third-order valence-electron chi connectivity index (χ3n) is 5.33. The van der Waals surface area contributed by atoms with Crippen LogP contribution in [-0.4, -0.2) is 59.8 Å². The molecule has 144 valence electrons. The molecule has 8 heteroatoms. The average Bonchev–Trinajstić information content (AvgIpc) is 2.91. The first-order chi connectivity index (χ1) is 13.0. The van der Waals surface area contributed by atoms with Gasteiger partial charge in [-0.15, -0.1) is 0 Å². The molecular weight excluding hydrogens is 366 g/mol. The van der Waals surface area contributed by atoms with Gasteiger partial charge in [0.1, 0.15) is 19.1 Å². The molecule has 27 heavy (non-hydrogen) atoms. The number of benzene rings is 2. The molecule has 1 fully saturated rings. The van der Waals surface area contributed by atoms with Crippen LogP contribution in [-0.2, 0) is 19.6 Å². The van der Waals surface area contributed by atoms with Gasteiger partial charge in [0.25, 0.3) is 10.0 Å². The average molecular weight is 390 g/mol. The van der Waals surface area contributed by atoms with Gasteiger partial charge in [0.2, 0.25) is 5.91 Å². The second-order valence-electron chi connectivity index (χ2n) is 7.01. The Morgan fingerprint density at radius 1 is 1.22 bits per heavy atom. The van der Waals surface area contributed by atoms with Crippen molar-refractivity contribution in [3.05, 3.63) is 36.4 Å². The Bertz CT molecular complexity index is 965. The largest absolute Gasteiger partial charge is 0.370 e. The Balaban J connectivity index is 1.51. The van der Waals surface area contributed by atoms with Crippen molar-refractivity contribution in [1.29, 1.82) is 0 Å². The van der Waals surface area contributed by atoms with E-state index < -0.39 is 16.1 Å². The molecule has 0 saturated carbocycles. The van der Waals surface area contributed by atoms with Gasteiger partial charge in [-0.2, -0.15) is 0 Å². The molecule has 2 aromatic rings. The number of morpholine rings is 1. The van der Waals surface area contributed by atoms with Crippen LogP contribution in [0.4, 0.5) is 5.69 Å². The summed E-state index contributed by atoms with van der Waals surface area (Å²) in [6, 6.07) is 9.88. The summed E-state index contributed by atoms with van der Waals surface area (Å²) in [5.41, 5.74) is 0.574. The van der Waals surface area contributed by atoms with Gasteiger partial charge < -0.3 is 15.0 Å². The molecule has 1 atom stereocenters. The Labute approximate surface area is 158 Å². The molecule has 0 aliphatic carbocycles. The predicted molar refractivity (Wildman–Crippen MR) is 102 cm³/mol. The third-order valence-corrected chi connectivity index (χ3v) is 7.25. The number of amides is 1. The second-order valence-corrected chi connectivity index (χ2v) is 8.79. The SMILES string of the molecule is C[C@H](C(=O)NCC[NH+]1CCOCC1)N1c2cccc3cccc(c23)S1(=O)=O. The molecule has 2 aliphatic rings. The van der Waals surface area contributed by atoms with Crippen molar-refractivity contribution in [1.82, 2.24) is 5.32 Å². The molecule has 0 spiro atoms. The van der Waals surface area contributed by atoms with Crippen LogP contribution in [0.1, 0.15) is 6.92 Å². The van der Waals surface area contributed by atoms with E-state index in [1.165, 1.54) is 9.21 Å². The first kappa shape index (κ1) is 18.2. The maximum absolute atomic E-state index is 13.1. The summed E-state index contributed by atoms with van der Waals surface area (Å²) in [6.45, 7) is 6.32. The standard InChI is InChI=1S/C19H23N3O4S/c1-14(19(23)20-8-9-21-10-12-26-13-11-21)22-16-6-2-4-15-5-3-7-17(18(15)16)27(22,24)25/h2-7,14H,8-13H2,1H3,(H,20,23)/p+1/t14-/m1/s1. The number of quaternary nitrogens is 1. The van der Waals surface area contributed by atoms with Crippen molar-refractivity contribution in [2.45, 2.75) is 17.9 Å². The zero-order valence-electron chi connectivity index (χ0n) is 15.3. The second kappa shape index (κ2) is 7.10. The number of nitrogens with one attached hydrogen (secondary N) is 2. The Morgan fingerprint density at radius 2 is 1.93 bits per heavy atom. The van der Waals surface area contributed by atoms with Gasteiger partial charge >= 0.3 is 0 Å². The molecule has 2 heterocycles. The van der Waals surface area contributed by atoms with Crippen molar-refractivity contribution in [3.8, 4) is 0 Å². The van der Waals surface area contributed by atoms with E-state index in [1.807, 2.05) is 18.2 Å². The number of carbonyl (C=O) groups excluding carboxylic acids is 1. The Kier molecular flexibility index (Phi) is 4.79. The van der Waals surface area contributed by atoms with E-state index in [0.29, 0.717) is 17.6 Å². The molecule has 2 aromatic carbocycles. The fourth-order valence-corrected chi connectivity index (χ4v) is 5.73. The van der Waals surface area contributed by atoms with E-state index in [-0.39, 0.29) is 10.8 Å². The molecular formula is C19H24N3O4S+. The number of ether oxygens (including phenoxy) is 1. The lowest BCUT2D eigenvalue weighted by atomic mass is 10.1. The van der Waals surface area contributed by atoms with Crippen LogP contribution in [0, 0.1) is 0 Å². The highest BCUT2D eigenvalue weighted by atomic mass is 32.2. The predicted octanol–water partition coefficient (Wildman–Crippen LogP) is -0.232. The van der Waals surface area contributed by atoms with E-state index in [2.05, 4.69) is 5.32 Å². The third kappa shape index (κ3) is 3.18. The highest BCUT2D eigenvalue weighted by Crippen LogP contribution is 2.43. The normalized spacial score (nSPS) is 20.0. The maximum atomic E-state index is 13.1. The lowest BCUT2D eigenvalue weighted by molar-refractivity contribution is -0.906. The molecule has 0 unspecified atom stereocenters. The molecule has 7 nitrogen and oxygen atoms in total. The van der Waals surface area contributed by atoms with E-state index in [0.717, 1.165) is 38.2 Å². The first-order valence-electron chi connectivity index (χ1n) is 9.25. The van der Waals surface area contributed by atoms with Crippen LogP contribution in [0.3, 0.4) is 0 Å². The number of hydrogen-bond acceptors (Lipinski definition) is 4. The summed E-state index contributed by atoms with van der Waals surface area (Å²) < 4.78 is 32.7. The van der Waals surface area contributed by atoms with Crippen LogP contribution < -0.4 is 14.5 Å². The summed E-state index contributed by atoms with van der Waals surface area (Å²) in [6.07, 6.45) is 0. The Morgan fingerprint density at radius 3 is 2.67 bits per heavy atom. The fraction of sp³-hybridized carbons (Fsp3) is 0.421. The topological polar surface area (TPSA) is 80.2 Å². The zero-order valence-corrected chi connectivity index (χ0v) is 16.1. The minimum Gasteiger partial charge on any atom is -0.370 e. The van der Waals surface area contributed by atoms with Gasteiger partial charge in [0.05, 0.1) is 36.9 Å². The fourth-order valence-electron chi connectivity index (χ4n) is 3.86. The van der Waals surface area contributed by atoms with Crippen molar-refractivity contribution in [2.75, 3.05) is 43.7 Å². The molecule has 1 amide bonds. The van der Waals surface area contributed by atoms with Crippen molar-refractivity contribution in [2.24, 2.45) is 0 Å². The minimum absolute atomic E-state index is 0.271. The number of rotatable bonds is 5. The van der Waals surface area contributed by atoms with E-state index in [4.69, 9.17) is 4.74 Å². The highest BCUT2D eigenvalue weighted by molar-refractivity contribution is 7.93. The quantitative estimate of drug-likeness (QED) is 0.739. The molecule has 4 rings (SSSR count). The van der Waals surface area contributed by atoms with Gasteiger partial charge in [-0.1, -0.05) is 24.3 Å². The van der Waals surface area contributed by atoms with E-state index >= 15 is 0 Å². The van der Waals surface area contributed by atoms with Crippen molar-refractivity contribution < 1.29 is 22.8 Å². The van der Waals surface area contributed by atoms with E-state index in [9.17, 15) is 13.2 Å². The van der Waals surface area contributed by atoms with Crippen molar-refractivity contribution in [3.63, 3.8) is 0 Å². The summed E-state index contributed by atoms with van der Waals surface area (Å²) in [5, 5.41) is 4.45. The number of nitrogens with zero attached hydrogens (tertiary/aromatic N) is 1. The minimum atomic E-state index is -3.74. The number of hydrogen-bond donors (Lipinski definition) is 2. The smallest absolute Gasteiger partial charge is 0.265 e. The van der Waals surface area contributed by atoms with Gasteiger partial charge in [-0.25, -0.2) is 8.42 Å². The van der Waals surface area contributed by atoms with Crippen LogP contribution >= 0.6 is 0 Å². The van der Waals surface area contributed by atoms with Gasteiger partial charge in [-0.3, -0.25) is 9.10 Å². The molecule has 0 radical (unpaired) electrons.